The molecular weight excluding hydrogens is 565 g/mol. The fraction of sp³-hybridized carbons (Fsp3) is 0.370. The van der Waals surface area contributed by atoms with Crippen molar-refractivity contribution in [3.8, 4) is 17.3 Å². The molecular formula is C27H30FN9O4S. The van der Waals surface area contributed by atoms with E-state index in [-0.39, 0.29) is 29.0 Å². The van der Waals surface area contributed by atoms with Crippen LogP contribution in [0, 0.1) is 5.82 Å². The predicted octanol–water partition coefficient (Wildman–Crippen LogP) is 1.99. The molecule has 1 aromatic carbocycles. The van der Waals surface area contributed by atoms with E-state index in [4.69, 9.17) is 20.6 Å². The summed E-state index contributed by atoms with van der Waals surface area (Å²) >= 11 is 1.06. The lowest BCUT2D eigenvalue weighted by atomic mass is 10.2. The Bertz CT molecular complexity index is 1770. The zero-order chi connectivity index (χ0) is 29.2. The molecule has 42 heavy (non-hydrogen) atoms. The standard InChI is InChI=1S/C27H30FN9O4S/c28-19-15-18(40-13-1-3-17(38)16-29)5-6-20(19)35-10-7-34(8-11-35)9-12-36-24-22(42-27(36)39)25-31-23(21-4-2-14-41-21)33-37(25)26(30)32-24/h2,4-6,14-15H,1,3,7-13,16,29H2,(H2,30,32). The van der Waals surface area contributed by atoms with Crippen molar-refractivity contribution in [3.63, 3.8) is 0 Å². The fourth-order valence-electron chi connectivity index (χ4n) is 4.98. The molecule has 220 valence electrons. The Morgan fingerprint density at radius 2 is 1.95 bits per heavy atom. The number of piperazine rings is 1. The highest BCUT2D eigenvalue weighted by Gasteiger charge is 2.22. The summed E-state index contributed by atoms with van der Waals surface area (Å²) in [4.78, 5) is 37.4. The van der Waals surface area contributed by atoms with Gasteiger partial charge in [-0.1, -0.05) is 11.3 Å². The number of fused-ring (bicyclic) bond motifs is 3. The van der Waals surface area contributed by atoms with Crippen LogP contribution in [-0.2, 0) is 11.3 Å². The molecule has 13 nitrogen and oxygen atoms in total. The Hall–Kier alpha value is -4.34. The van der Waals surface area contributed by atoms with Gasteiger partial charge in [0.15, 0.2) is 17.1 Å². The molecule has 1 saturated heterocycles. The maximum Gasteiger partial charge on any atom is 0.309 e. The Morgan fingerprint density at radius 3 is 2.69 bits per heavy atom. The van der Waals surface area contributed by atoms with Gasteiger partial charge in [0, 0.05) is 51.8 Å². The van der Waals surface area contributed by atoms with E-state index in [1.54, 1.807) is 28.8 Å². The monoisotopic (exact) mass is 595 g/mol. The third-order valence-electron chi connectivity index (χ3n) is 7.23. The molecule has 15 heteroatoms. The topological polar surface area (TPSA) is 163 Å². The Balaban J connectivity index is 1.07. The minimum Gasteiger partial charge on any atom is -0.493 e. The molecule has 0 spiro atoms. The van der Waals surface area contributed by atoms with E-state index < -0.39 is 0 Å². The quantitative estimate of drug-likeness (QED) is 0.215. The highest BCUT2D eigenvalue weighted by atomic mass is 32.1. The van der Waals surface area contributed by atoms with Gasteiger partial charge in [-0.15, -0.1) is 5.10 Å². The molecule has 0 saturated carbocycles. The summed E-state index contributed by atoms with van der Waals surface area (Å²) in [7, 11) is 0. The SMILES string of the molecule is NCC(=O)CCCOc1ccc(N2CCN(CCn3c(=O)sc4c3nc(N)n3nc(-c5ccco5)nc43)CC2)c(F)c1. The van der Waals surface area contributed by atoms with Crippen LogP contribution in [0.2, 0.25) is 0 Å². The summed E-state index contributed by atoms with van der Waals surface area (Å²) in [6, 6.07) is 8.34. The number of carbonyl (C=O) groups excluding carboxylic acids is 1. The van der Waals surface area contributed by atoms with Crippen LogP contribution < -0.4 is 26.0 Å². The van der Waals surface area contributed by atoms with Crippen LogP contribution in [0.5, 0.6) is 5.75 Å². The number of Topliss-reactive ketones (excluding diaryl/α,β-unsaturated/α-hetero) is 1. The third kappa shape index (κ3) is 5.57. The van der Waals surface area contributed by atoms with Gasteiger partial charge in [-0.3, -0.25) is 19.1 Å². The van der Waals surface area contributed by atoms with Crippen LogP contribution >= 0.6 is 11.3 Å². The van der Waals surface area contributed by atoms with E-state index in [9.17, 15) is 14.0 Å². The summed E-state index contributed by atoms with van der Waals surface area (Å²) in [5, 5.41) is 4.39. The van der Waals surface area contributed by atoms with Crippen molar-refractivity contribution in [1.29, 1.82) is 0 Å². The van der Waals surface area contributed by atoms with Crippen molar-refractivity contribution in [1.82, 2.24) is 29.0 Å². The molecule has 5 aromatic rings. The van der Waals surface area contributed by atoms with Crippen molar-refractivity contribution in [3.05, 3.63) is 52.1 Å². The normalized spacial score (nSPS) is 14.3. The first-order valence-corrected chi connectivity index (χ1v) is 14.4. The maximum absolute atomic E-state index is 14.9. The van der Waals surface area contributed by atoms with Crippen LogP contribution in [0.25, 0.3) is 27.6 Å². The summed E-state index contributed by atoms with van der Waals surface area (Å²) in [5.74, 6) is 1.04. The molecule has 0 aliphatic carbocycles. The van der Waals surface area contributed by atoms with E-state index in [0.717, 1.165) is 11.3 Å². The Morgan fingerprint density at radius 1 is 1.12 bits per heavy atom. The number of nitrogens with zero attached hydrogens (tertiary/aromatic N) is 7. The van der Waals surface area contributed by atoms with Crippen molar-refractivity contribution in [2.24, 2.45) is 5.73 Å². The lowest BCUT2D eigenvalue weighted by Crippen LogP contribution is -2.47. The zero-order valence-electron chi connectivity index (χ0n) is 22.7. The number of ketones is 1. The molecule has 0 atom stereocenters. The second kappa shape index (κ2) is 11.9. The molecule has 4 aromatic heterocycles. The second-order valence-electron chi connectivity index (χ2n) is 9.93. The summed E-state index contributed by atoms with van der Waals surface area (Å²) in [6.45, 7) is 4.09. The van der Waals surface area contributed by atoms with E-state index in [2.05, 4.69) is 20.0 Å². The van der Waals surface area contributed by atoms with Gasteiger partial charge < -0.3 is 25.5 Å². The molecule has 1 aliphatic heterocycles. The fourth-order valence-corrected chi connectivity index (χ4v) is 5.92. The molecule has 1 fully saturated rings. The summed E-state index contributed by atoms with van der Waals surface area (Å²) < 4.78 is 29.5. The lowest BCUT2D eigenvalue weighted by Gasteiger charge is -2.36. The van der Waals surface area contributed by atoms with Gasteiger partial charge in [0.2, 0.25) is 11.8 Å². The van der Waals surface area contributed by atoms with Gasteiger partial charge in [-0.25, -0.2) is 9.37 Å². The van der Waals surface area contributed by atoms with Crippen LogP contribution in [0.4, 0.5) is 16.0 Å². The van der Waals surface area contributed by atoms with Gasteiger partial charge in [0.1, 0.15) is 22.0 Å². The maximum atomic E-state index is 14.9. The van der Waals surface area contributed by atoms with E-state index in [0.29, 0.717) is 97.7 Å². The first kappa shape index (κ1) is 27.8. The van der Waals surface area contributed by atoms with E-state index >= 15 is 0 Å². The number of anilines is 2. The lowest BCUT2D eigenvalue weighted by molar-refractivity contribution is -0.117. The van der Waals surface area contributed by atoms with Crippen molar-refractivity contribution in [2.45, 2.75) is 19.4 Å². The van der Waals surface area contributed by atoms with Crippen molar-refractivity contribution in [2.75, 3.05) is 56.5 Å². The molecule has 5 heterocycles. The number of hydrogen-bond donors (Lipinski definition) is 2. The van der Waals surface area contributed by atoms with Crippen molar-refractivity contribution < 1.29 is 18.3 Å². The van der Waals surface area contributed by atoms with Crippen LogP contribution in [-0.4, -0.2) is 80.7 Å². The zero-order valence-corrected chi connectivity index (χ0v) is 23.6. The van der Waals surface area contributed by atoms with E-state index in [1.807, 2.05) is 4.90 Å². The highest BCUT2D eigenvalue weighted by Crippen LogP contribution is 2.27. The summed E-state index contributed by atoms with van der Waals surface area (Å²) in [5.41, 5.74) is 12.9. The minimum atomic E-state index is -0.353. The minimum absolute atomic E-state index is 0.0218. The van der Waals surface area contributed by atoms with Gasteiger partial charge in [-0.2, -0.15) is 9.50 Å². The molecule has 0 radical (unpaired) electrons. The van der Waals surface area contributed by atoms with Gasteiger partial charge in [-0.05, 0) is 30.7 Å². The molecule has 6 rings (SSSR count). The number of nitrogens with two attached hydrogens (primary N) is 2. The van der Waals surface area contributed by atoms with Gasteiger partial charge in [0.25, 0.3) is 0 Å². The molecule has 0 bridgehead atoms. The largest absolute Gasteiger partial charge is 0.493 e. The molecule has 1 aliphatic rings. The van der Waals surface area contributed by atoms with Crippen LogP contribution in [0.3, 0.4) is 0 Å². The number of furan rings is 1. The number of ether oxygens (including phenoxy) is 1. The van der Waals surface area contributed by atoms with Gasteiger partial charge >= 0.3 is 4.87 Å². The molecule has 0 amide bonds. The first-order chi connectivity index (χ1) is 20.4. The number of aromatic nitrogens is 5. The number of hydrogen-bond acceptors (Lipinski definition) is 12. The number of halogens is 1. The van der Waals surface area contributed by atoms with Crippen molar-refractivity contribution >= 4 is 44.8 Å². The number of carbonyl (C=O) groups is 1. The average molecular weight is 596 g/mol. The number of thiazole rings is 1. The van der Waals surface area contributed by atoms with Crippen LogP contribution in [0.1, 0.15) is 12.8 Å². The molecule has 0 unspecified atom stereocenters. The first-order valence-electron chi connectivity index (χ1n) is 13.6. The third-order valence-corrected chi connectivity index (χ3v) is 8.19. The van der Waals surface area contributed by atoms with Gasteiger partial charge in [0.05, 0.1) is 25.1 Å². The number of rotatable bonds is 11. The van der Waals surface area contributed by atoms with E-state index in [1.165, 1.54) is 16.8 Å². The summed E-state index contributed by atoms with van der Waals surface area (Å²) in [6.07, 6.45) is 2.42. The highest BCUT2D eigenvalue weighted by molar-refractivity contribution is 7.17. The average Bonchev–Trinajstić information content (AvgIpc) is 3.74. The Labute approximate surface area is 243 Å². The number of benzene rings is 1. The smallest absolute Gasteiger partial charge is 0.309 e. The Kier molecular flexibility index (Phi) is 7.86. The number of nitrogen functional groups attached to an aromatic ring is 1. The van der Waals surface area contributed by atoms with Crippen LogP contribution in [0.15, 0.2) is 45.8 Å². The second-order valence-corrected chi connectivity index (χ2v) is 10.9. The molecule has 4 N–H and O–H groups in total. The predicted molar refractivity (Wildman–Crippen MR) is 156 cm³/mol.